The molecule has 1 aliphatic rings. The molecule has 1 atom stereocenters. The second-order valence-corrected chi connectivity index (χ2v) is 5.78. The van der Waals surface area contributed by atoms with Gasteiger partial charge >= 0.3 is 0 Å². The zero-order chi connectivity index (χ0) is 11.4. The average Bonchev–Trinajstić information content (AvgIpc) is 2.27. The minimum Gasteiger partial charge on any atom is -0.0877 e. The van der Waals surface area contributed by atoms with Crippen LogP contribution in [0.25, 0.3) is 0 Å². The zero-order valence-electron chi connectivity index (χ0n) is 10.4. The second kappa shape index (κ2) is 4.86. The fourth-order valence-electron chi connectivity index (χ4n) is 2.64. The van der Waals surface area contributed by atoms with E-state index in [1.165, 1.54) is 31.2 Å². The fraction of sp³-hybridized carbons (Fsp3) is 0.500. The predicted molar refractivity (Wildman–Crippen MR) is 70.4 cm³/mol. The first kappa shape index (κ1) is 11.4. The summed E-state index contributed by atoms with van der Waals surface area (Å²) in [7, 11) is 0. The van der Waals surface area contributed by atoms with Crippen LogP contribution in [0.1, 0.15) is 38.7 Å². The van der Waals surface area contributed by atoms with Gasteiger partial charge in [-0.05, 0) is 42.6 Å². The van der Waals surface area contributed by atoms with Gasteiger partial charge in [-0.15, -0.1) is 0 Å². The summed E-state index contributed by atoms with van der Waals surface area (Å²) in [5.74, 6) is 0.781. The van der Waals surface area contributed by atoms with E-state index < -0.39 is 0 Å². The van der Waals surface area contributed by atoms with Crippen molar-refractivity contribution >= 4 is 0 Å². The van der Waals surface area contributed by atoms with Crippen LogP contribution in [-0.4, -0.2) is 0 Å². The van der Waals surface area contributed by atoms with Crippen molar-refractivity contribution in [1.82, 2.24) is 0 Å². The second-order valence-electron chi connectivity index (χ2n) is 5.78. The topological polar surface area (TPSA) is 0 Å². The van der Waals surface area contributed by atoms with Crippen LogP contribution in [0, 0.1) is 11.3 Å². The molecule has 86 valence electrons. The van der Waals surface area contributed by atoms with Crippen molar-refractivity contribution in [3.63, 3.8) is 0 Å². The maximum Gasteiger partial charge on any atom is -0.0225 e. The first-order valence-electron chi connectivity index (χ1n) is 6.36. The van der Waals surface area contributed by atoms with Gasteiger partial charge in [-0.25, -0.2) is 0 Å². The van der Waals surface area contributed by atoms with Crippen LogP contribution in [-0.2, 0) is 6.42 Å². The van der Waals surface area contributed by atoms with E-state index >= 15 is 0 Å². The van der Waals surface area contributed by atoms with Crippen LogP contribution in [0.15, 0.2) is 42.5 Å². The molecule has 0 fully saturated rings. The highest BCUT2D eigenvalue weighted by atomic mass is 14.3. The number of allylic oxidation sites excluding steroid dienone is 2. The molecule has 0 N–H and O–H groups in total. The molecule has 0 heterocycles. The van der Waals surface area contributed by atoms with Gasteiger partial charge in [-0.3, -0.25) is 0 Å². The highest BCUT2D eigenvalue weighted by Crippen LogP contribution is 2.36. The zero-order valence-corrected chi connectivity index (χ0v) is 10.4. The third-order valence-corrected chi connectivity index (χ3v) is 3.54. The quantitative estimate of drug-likeness (QED) is 0.644. The molecule has 0 aliphatic heterocycles. The Hall–Kier alpha value is -1.04. The van der Waals surface area contributed by atoms with Gasteiger partial charge in [0.1, 0.15) is 0 Å². The van der Waals surface area contributed by atoms with Gasteiger partial charge in [-0.1, -0.05) is 56.3 Å². The van der Waals surface area contributed by atoms with Crippen molar-refractivity contribution in [1.29, 1.82) is 0 Å². The molecule has 1 aromatic carbocycles. The van der Waals surface area contributed by atoms with Crippen LogP contribution < -0.4 is 0 Å². The van der Waals surface area contributed by atoms with E-state index in [0.717, 1.165) is 5.92 Å². The van der Waals surface area contributed by atoms with Crippen molar-refractivity contribution in [3.8, 4) is 0 Å². The summed E-state index contributed by atoms with van der Waals surface area (Å²) in [4.78, 5) is 0. The van der Waals surface area contributed by atoms with E-state index in [2.05, 4.69) is 56.3 Å². The SMILES string of the molecule is CC1(C)CC=C[C@@H](CCc2ccccc2)C1. The van der Waals surface area contributed by atoms with E-state index in [0.29, 0.717) is 5.41 Å². The molecule has 0 saturated heterocycles. The molecule has 0 bridgehead atoms. The van der Waals surface area contributed by atoms with Crippen LogP contribution in [0.3, 0.4) is 0 Å². The number of rotatable bonds is 3. The highest BCUT2D eigenvalue weighted by molar-refractivity contribution is 5.15. The molecule has 2 rings (SSSR count). The number of benzene rings is 1. The minimum absolute atomic E-state index is 0.510. The van der Waals surface area contributed by atoms with Gasteiger partial charge in [-0.2, -0.15) is 0 Å². The first-order chi connectivity index (χ1) is 7.66. The van der Waals surface area contributed by atoms with E-state index in [1.807, 2.05) is 0 Å². The lowest BCUT2D eigenvalue weighted by Crippen LogP contribution is -2.19. The smallest absolute Gasteiger partial charge is 0.0225 e. The Balaban J connectivity index is 1.87. The molecule has 0 amide bonds. The Morgan fingerprint density at radius 1 is 1.19 bits per heavy atom. The van der Waals surface area contributed by atoms with E-state index in [-0.39, 0.29) is 0 Å². The van der Waals surface area contributed by atoms with Crippen molar-refractivity contribution < 1.29 is 0 Å². The molecule has 0 radical (unpaired) electrons. The Kier molecular flexibility index (Phi) is 3.48. The van der Waals surface area contributed by atoms with E-state index in [1.54, 1.807) is 0 Å². The standard InChI is InChI=1S/C16H22/c1-16(2)12-6-9-15(13-16)11-10-14-7-4-3-5-8-14/h3-9,15H,10-13H2,1-2H3/t15-/m0/s1. The third kappa shape index (κ3) is 3.23. The Bertz CT molecular complexity index is 346. The molecular formula is C16H22. The molecule has 0 heteroatoms. The van der Waals surface area contributed by atoms with Gasteiger partial charge in [0, 0.05) is 0 Å². The maximum absolute atomic E-state index is 2.42. The lowest BCUT2D eigenvalue weighted by Gasteiger charge is -2.31. The van der Waals surface area contributed by atoms with Gasteiger partial charge in [0.05, 0.1) is 0 Å². The maximum atomic E-state index is 2.42. The van der Waals surface area contributed by atoms with Crippen LogP contribution in [0.4, 0.5) is 0 Å². The van der Waals surface area contributed by atoms with Crippen molar-refractivity contribution in [2.75, 3.05) is 0 Å². The largest absolute Gasteiger partial charge is 0.0877 e. The summed E-state index contributed by atoms with van der Waals surface area (Å²) >= 11 is 0. The molecule has 0 aromatic heterocycles. The molecule has 0 spiro atoms. The summed E-state index contributed by atoms with van der Waals surface area (Å²) in [6.07, 6.45) is 9.90. The van der Waals surface area contributed by atoms with Crippen molar-refractivity contribution in [2.45, 2.75) is 39.5 Å². The van der Waals surface area contributed by atoms with E-state index in [4.69, 9.17) is 0 Å². The summed E-state index contributed by atoms with van der Waals surface area (Å²) in [6, 6.07) is 10.8. The number of aryl methyl sites for hydroxylation is 1. The lowest BCUT2D eigenvalue weighted by molar-refractivity contribution is 0.272. The van der Waals surface area contributed by atoms with Crippen LogP contribution in [0.5, 0.6) is 0 Å². The Morgan fingerprint density at radius 3 is 2.62 bits per heavy atom. The number of hydrogen-bond acceptors (Lipinski definition) is 0. The van der Waals surface area contributed by atoms with Crippen LogP contribution >= 0.6 is 0 Å². The molecule has 0 nitrogen and oxygen atoms in total. The summed E-state index contributed by atoms with van der Waals surface area (Å²) in [5, 5.41) is 0. The minimum atomic E-state index is 0.510. The molecular weight excluding hydrogens is 192 g/mol. The average molecular weight is 214 g/mol. The van der Waals surface area contributed by atoms with Gasteiger partial charge in [0.25, 0.3) is 0 Å². The Labute approximate surface area is 99.4 Å². The van der Waals surface area contributed by atoms with E-state index in [9.17, 15) is 0 Å². The third-order valence-electron chi connectivity index (χ3n) is 3.54. The van der Waals surface area contributed by atoms with Crippen molar-refractivity contribution in [2.24, 2.45) is 11.3 Å². The summed E-state index contributed by atoms with van der Waals surface area (Å²) < 4.78 is 0. The summed E-state index contributed by atoms with van der Waals surface area (Å²) in [6.45, 7) is 4.76. The van der Waals surface area contributed by atoms with Gasteiger partial charge < -0.3 is 0 Å². The van der Waals surface area contributed by atoms with Gasteiger partial charge in [0.15, 0.2) is 0 Å². The van der Waals surface area contributed by atoms with Crippen LogP contribution in [0.2, 0.25) is 0 Å². The molecule has 16 heavy (non-hydrogen) atoms. The first-order valence-corrected chi connectivity index (χ1v) is 6.36. The monoisotopic (exact) mass is 214 g/mol. The highest BCUT2D eigenvalue weighted by Gasteiger charge is 2.23. The molecule has 1 aromatic rings. The fourth-order valence-corrected chi connectivity index (χ4v) is 2.64. The number of hydrogen-bond donors (Lipinski definition) is 0. The van der Waals surface area contributed by atoms with Crippen molar-refractivity contribution in [3.05, 3.63) is 48.0 Å². The lowest BCUT2D eigenvalue weighted by atomic mass is 9.74. The Morgan fingerprint density at radius 2 is 1.94 bits per heavy atom. The molecule has 1 aliphatic carbocycles. The molecule has 0 unspecified atom stereocenters. The molecule has 0 saturated carbocycles. The summed E-state index contributed by atoms with van der Waals surface area (Å²) in [5.41, 5.74) is 1.98. The predicted octanol–water partition coefficient (Wildman–Crippen LogP) is 4.61. The normalized spacial score (nSPS) is 23.2. The van der Waals surface area contributed by atoms with Gasteiger partial charge in [0.2, 0.25) is 0 Å².